The molecule has 2 rings (SSSR count). The van der Waals surface area contributed by atoms with Crippen LogP contribution in [0.2, 0.25) is 0 Å². The van der Waals surface area contributed by atoms with Gasteiger partial charge in [0.05, 0.1) is 0 Å². The van der Waals surface area contributed by atoms with Crippen LogP contribution in [0.15, 0.2) is 22.0 Å². The summed E-state index contributed by atoms with van der Waals surface area (Å²) in [4.78, 5) is 15.8. The molecule has 1 aromatic carbocycles. The number of hydrogen-bond donors (Lipinski definition) is 2. The quantitative estimate of drug-likeness (QED) is 0.889. The Balaban J connectivity index is 2.22. The molecule has 1 aromatic heterocycles. The summed E-state index contributed by atoms with van der Waals surface area (Å²) < 4.78 is 1.05. The second-order valence-corrected chi connectivity index (χ2v) is 5.63. The first kappa shape index (κ1) is 13.0. The van der Waals surface area contributed by atoms with E-state index in [2.05, 4.69) is 26.2 Å². The van der Waals surface area contributed by atoms with Crippen LogP contribution < -0.4 is 11.1 Å². The maximum Gasteiger partial charge on any atom is 0.275 e. The molecule has 0 aliphatic carbocycles. The monoisotopic (exact) mass is 325 g/mol. The zero-order valence-corrected chi connectivity index (χ0v) is 12.4. The molecule has 0 aliphatic rings. The molecular weight excluding hydrogens is 314 g/mol. The molecule has 18 heavy (non-hydrogen) atoms. The molecule has 0 unspecified atom stereocenters. The number of carbonyl (C=O) groups is 1. The SMILES string of the molecule is Cc1cc(NC(=O)c2csc(N)n2)cc(C)c1Br. The Bertz CT molecular complexity index is 586. The van der Waals surface area contributed by atoms with Gasteiger partial charge in [-0.15, -0.1) is 11.3 Å². The predicted molar refractivity (Wildman–Crippen MR) is 78.1 cm³/mol. The summed E-state index contributed by atoms with van der Waals surface area (Å²) in [6.07, 6.45) is 0. The van der Waals surface area contributed by atoms with Crippen LogP contribution in [-0.4, -0.2) is 10.9 Å². The van der Waals surface area contributed by atoms with E-state index in [1.165, 1.54) is 11.3 Å². The fraction of sp³-hybridized carbons (Fsp3) is 0.167. The van der Waals surface area contributed by atoms with E-state index in [-0.39, 0.29) is 5.91 Å². The summed E-state index contributed by atoms with van der Waals surface area (Å²) in [5.41, 5.74) is 8.74. The van der Waals surface area contributed by atoms with Crippen LogP contribution >= 0.6 is 27.3 Å². The second kappa shape index (κ2) is 5.07. The Morgan fingerprint density at radius 1 is 1.39 bits per heavy atom. The molecule has 0 fully saturated rings. The van der Waals surface area contributed by atoms with Crippen molar-refractivity contribution in [3.63, 3.8) is 0 Å². The van der Waals surface area contributed by atoms with Crippen LogP contribution in [-0.2, 0) is 0 Å². The van der Waals surface area contributed by atoms with E-state index in [1.807, 2.05) is 26.0 Å². The van der Waals surface area contributed by atoms with Crippen LogP contribution in [0.4, 0.5) is 10.8 Å². The van der Waals surface area contributed by atoms with Crippen molar-refractivity contribution in [3.05, 3.63) is 38.8 Å². The van der Waals surface area contributed by atoms with Crippen LogP contribution in [0.3, 0.4) is 0 Å². The summed E-state index contributed by atoms with van der Waals surface area (Å²) in [5, 5.41) is 4.84. The maximum atomic E-state index is 11.9. The first-order valence-electron chi connectivity index (χ1n) is 5.26. The Labute approximate surface area is 117 Å². The number of carbonyl (C=O) groups excluding carboxylic acids is 1. The standard InChI is InChI=1S/C12H12BrN3OS/c1-6-3-8(4-7(2)10(6)13)15-11(17)9-5-18-12(14)16-9/h3-5H,1-2H3,(H2,14,16)(H,15,17). The molecular formula is C12H12BrN3OS. The number of amides is 1. The van der Waals surface area contributed by atoms with Crippen molar-refractivity contribution < 1.29 is 4.79 Å². The summed E-state index contributed by atoms with van der Waals surface area (Å²) in [6.45, 7) is 3.96. The molecule has 1 amide bonds. The van der Waals surface area contributed by atoms with Gasteiger partial charge in [-0.3, -0.25) is 4.79 Å². The highest BCUT2D eigenvalue weighted by Gasteiger charge is 2.11. The molecule has 0 bridgehead atoms. The van der Waals surface area contributed by atoms with Gasteiger partial charge in [-0.2, -0.15) is 0 Å². The van der Waals surface area contributed by atoms with Gasteiger partial charge in [-0.05, 0) is 37.1 Å². The Morgan fingerprint density at radius 3 is 2.50 bits per heavy atom. The van der Waals surface area contributed by atoms with Crippen molar-refractivity contribution in [1.82, 2.24) is 4.98 Å². The molecule has 0 saturated heterocycles. The third kappa shape index (κ3) is 2.70. The molecule has 94 valence electrons. The van der Waals surface area contributed by atoms with Crippen molar-refractivity contribution in [2.45, 2.75) is 13.8 Å². The molecule has 0 spiro atoms. The number of nitrogens with one attached hydrogen (secondary N) is 1. The van der Waals surface area contributed by atoms with Gasteiger partial charge >= 0.3 is 0 Å². The van der Waals surface area contributed by atoms with Crippen LogP contribution in [0, 0.1) is 13.8 Å². The van der Waals surface area contributed by atoms with Gasteiger partial charge in [0, 0.05) is 15.5 Å². The van der Waals surface area contributed by atoms with E-state index in [9.17, 15) is 4.79 Å². The Hall–Kier alpha value is -1.40. The topological polar surface area (TPSA) is 68.0 Å². The molecule has 6 heteroatoms. The minimum Gasteiger partial charge on any atom is -0.375 e. The number of aryl methyl sites for hydroxylation is 2. The van der Waals surface area contributed by atoms with Gasteiger partial charge in [0.25, 0.3) is 5.91 Å². The average Bonchev–Trinajstić information content (AvgIpc) is 2.72. The van der Waals surface area contributed by atoms with E-state index in [0.29, 0.717) is 10.8 Å². The highest BCUT2D eigenvalue weighted by atomic mass is 79.9. The normalized spacial score (nSPS) is 10.4. The van der Waals surface area contributed by atoms with Crippen molar-refractivity contribution in [2.75, 3.05) is 11.1 Å². The van der Waals surface area contributed by atoms with Gasteiger partial charge in [0.1, 0.15) is 5.69 Å². The minimum absolute atomic E-state index is 0.246. The predicted octanol–water partition coefficient (Wildman–Crippen LogP) is 3.36. The molecule has 3 N–H and O–H groups in total. The summed E-state index contributed by atoms with van der Waals surface area (Å²) in [5.74, 6) is -0.246. The largest absolute Gasteiger partial charge is 0.375 e. The molecule has 0 aliphatic heterocycles. The number of nitrogen functional groups attached to an aromatic ring is 1. The number of rotatable bonds is 2. The molecule has 1 heterocycles. The maximum absolute atomic E-state index is 11.9. The smallest absolute Gasteiger partial charge is 0.275 e. The molecule has 2 aromatic rings. The summed E-state index contributed by atoms with van der Waals surface area (Å²) >= 11 is 4.74. The van der Waals surface area contributed by atoms with E-state index in [0.717, 1.165) is 21.3 Å². The van der Waals surface area contributed by atoms with Crippen molar-refractivity contribution >= 4 is 44.0 Å². The first-order chi connectivity index (χ1) is 8.47. The number of benzene rings is 1. The van der Waals surface area contributed by atoms with Gasteiger partial charge in [0.15, 0.2) is 5.13 Å². The summed E-state index contributed by atoms with van der Waals surface area (Å²) in [6, 6.07) is 3.81. The van der Waals surface area contributed by atoms with E-state index in [4.69, 9.17) is 5.73 Å². The lowest BCUT2D eigenvalue weighted by Crippen LogP contribution is -2.12. The first-order valence-corrected chi connectivity index (χ1v) is 6.93. The van der Waals surface area contributed by atoms with Gasteiger partial charge in [-0.25, -0.2) is 4.98 Å². The Kier molecular flexibility index (Phi) is 3.68. The molecule has 0 atom stereocenters. The number of anilines is 2. The lowest BCUT2D eigenvalue weighted by Gasteiger charge is -2.08. The van der Waals surface area contributed by atoms with Crippen molar-refractivity contribution in [3.8, 4) is 0 Å². The Morgan fingerprint density at radius 2 is 2.00 bits per heavy atom. The third-order valence-corrected chi connectivity index (χ3v) is 4.37. The van der Waals surface area contributed by atoms with Crippen molar-refractivity contribution in [1.29, 1.82) is 0 Å². The fourth-order valence-electron chi connectivity index (χ4n) is 1.61. The highest BCUT2D eigenvalue weighted by Crippen LogP contribution is 2.25. The summed E-state index contributed by atoms with van der Waals surface area (Å²) in [7, 11) is 0. The van der Waals surface area contributed by atoms with E-state index < -0.39 is 0 Å². The number of aromatic nitrogens is 1. The third-order valence-electron chi connectivity index (χ3n) is 2.45. The van der Waals surface area contributed by atoms with Gasteiger partial charge < -0.3 is 11.1 Å². The van der Waals surface area contributed by atoms with Crippen molar-refractivity contribution in [2.24, 2.45) is 0 Å². The lowest BCUT2D eigenvalue weighted by atomic mass is 10.1. The second-order valence-electron chi connectivity index (χ2n) is 3.95. The zero-order chi connectivity index (χ0) is 13.3. The van der Waals surface area contributed by atoms with Crippen LogP contribution in [0.5, 0.6) is 0 Å². The molecule has 4 nitrogen and oxygen atoms in total. The number of nitrogens with two attached hydrogens (primary N) is 1. The zero-order valence-electron chi connectivity index (χ0n) is 9.95. The molecule has 0 radical (unpaired) electrons. The van der Waals surface area contributed by atoms with E-state index >= 15 is 0 Å². The number of halogens is 1. The highest BCUT2D eigenvalue weighted by molar-refractivity contribution is 9.10. The lowest BCUT2D eigenvalue weighted by molar-refractivity contribution is 0.102. The van der Waals surface area contributed by atoms with Gasteiger partial charge in [-0.1, -0.05) is 15.9 Å². The van der Waals surface area contributed by atoms with Gasteiger partial charge in [0.2, 0.25) is 0 Å². The fourth-order valence-corrected chi connectivity index (χ4v) is 2.38. The molecule has 0 saturated carbocycles. The minimum atomic E-state index is -0.246. The van der Waals surface area contributed by atoms with E-state index in [1.54, 1.807) is 5.38 Å². The number of hydrogen-bond acceptors (Lipinski definition) is 4. The average molecular weight is 326 g/mol. The number of thiazole rings is 1. The van der Waals surface area contributed by atoms with Crippen LogP contribution in [0.25, 0.3) is 0 Å². The van der Waals surface area contributed by atoms with Crippen LogP contribution in [0.1, 0.15) is 21.6 Å². The number of nitrogens with zero attached hydrogens (tertiary/aromatic N) is 1.